The molecule has 2 atom stereocenters. The first-order chi connectivity index (χ1) is 9.77. The summed E-state index contributed by atoms with van der Waals surface area (Å²) in [5.74, 6) is 5.30. The number of nitrogens with two attached hydrogens (primary N) is 1. The zero-order chi connectivity index (χ0) is 14.4. The molecule has 2 rings (SSSR count). The fraction of sp³-hybridized carbons (Fsp3) is 0.562. The van der Waals surface area contributed by atoms with E-state index in [2.05, 4.69) is 17.2 Å². The van der Waals surface area contributed by atoms with Crippen molar-refractivity contribution in [2.24, 2.45) is 5.84 Å². The predicted molar refractivity (Wildman–Crippen MR) is 80.8 cm³/mol. The lowest BCUT2D eigenvalue weighted by Crippen LogP contribution is -2.47. The van der Waals surface area contributed by atoms with Gasteiger partial charge in [-0.1, -0.05) is 50.1 Å². The Hall–Kier alpha value is -1.39. The van der Waals surface area contributed by atoms with Crippen LogP contribution in [0.25, 0.3) is 0 Å². The molecular formula is C16H25N3O. The smallest absolute Gasteiger partial charge is 0.255 e. The first kappa shape index (κ1) is 15.0. The fourth-order valence-corrected chi connectivity index (χ4v) is 3.19. The maximum atomic E-state index is 12.3. The number of amides is 1. The van der Waals surface area contributed by atoms with Crippen molar-refractivity contribution < 1.29 is 4.79 Å². The molecule has 20 heavy (non-hydrogen) atoms. The maximum absolute atomic E-state index is 12.3. The van der Waals surface area contributed by atoms with E-state index < -0.39 is 0 Å². The van der Waals surface area contributed by atoms with Crippen molar-refractivity contribution in [3.63, 3.8) is 0 Å². The summed E-state index contributed by atoms with van der Waals surface area (Å²) in [6, 6.07) is 10.1. The van der Waals surface area contributed by atoms with Gasteiger partial charge in [0.15, 0.2) is 0 Å². The topological polar surface area (TPSA) is 58.4 Å². The van der Waals surface area contributed by atoms with Crippen LogP contribution in [0.4, 0.5) is 0 Å². The number of carbonyl (C=O) groups is 1. The molecule has 1 aromatic carbocycles. The van der Waals surface area contributed by atoms with Gasteiger partial charge in [-0.25, -0.2) is 5.84 Å². The molecule has 4 nitrogen and oxygen atoms in total. The SMILES string of the molecule is CCC1CCCCCN1C(C(=O)NN)c1ccccc1. The van der Waals surface area contributed by atoms with Gasteiger partial charge in [-0.2, -0.15) is 0 Å². The van der Waals surface area contributed by atoms with Crippen LogP contribution in [-0.4, -0.2) is 23.4 Å². The van der Waals surface area contributed by atoms with Crippen LogP contribution in [0.15, 0.2) is 30.3 Å². The van der Waals surface area contributed by atoms with Gasteiger partial charge in [0.25, 0.3) is 5.91 Å². The number of hydrogen-bond acceptors (Lipinski definition) is 3. The number of nitrogens with one attached hydrogen (secondary N) is 1. The monoisotopic (exact) mass is 275 g/mol. The first-order valence-electron chi connectivity index (χ1n) is 7.59. The third-order valence-electron chi connectivity index (χ3n) is 4.23. The molecule has 0 aromatic heterocycles. The number of hydrogen-bond donors (Lipinski definition) is 2. The van der Waals surface area contributed by atoms with E-state index in [-0.39, 0.29) is 11.9 Å². The number of likely N-dealkylation sites (tertiary alicyclic amines) is 1. The molecule has 110 valence electrons. The second kappa shape index (κ2) is 7.41. The molecule has 0 saturated carbocycles. The van der Waals surface area contributed by atoms with Crippen LogP contribution >= 0.6 is 0 Å². The predicted octanol–water partition coefficient (Wildman–Crippen LogP) is 2.37. The van der Waals surface area contributed by atoms with Crippen molar-refractivity contribution in [3.05, 3.63) is 35.9 Å². The van der Waals surface area contributed by atoms with E-state index in [1.807, 2.05) is 30.3 Å². The summed E-state index contributed by atoms with van der Waals surface area (Å²) in [6.45, 7) is 3.16. The second-order valence-electron chi connectivity index (χ2n) is 5.47. The van der Waals surface area contributed by atoms with Crippen molar-refractivity contribution >= 4 is 5.91 Å². The van der Waals surface area contributed by atoms with Crippen LogP contribution in [-0.2, 0) is 4.79 Å². The van der Waals surface area contributed by atoms with Gasteiger partial charge >= 0.3 is 0 Å². The minimum absolute atomic E-state index is 0.114. The minimum Gasteiger partial charge on any atom is -0.293 e. The summed E-state index contributed by atoms with van der Waals surface area (Å²) in [7, 11) is 0. The third-order valence-corrected chi connectivity index (χ3v) is 4.23. The number of rotatable bonds is 4. The molecule has 0 spiro atoms. The van der Waals surface area contributed by atoms with E-state index in [0.717, 1.165) is 31.4 Å². The Kier molecular flexibility index (Phi) is 5.56. The quantitative estimate of drug-likeness (QED) is 0.504. The molecule has 0 radical (unpaired) electrons. The third kappa shape index (κ3) is 3.38. The van der Waals surface area contributed by atoms with Gasteiger partial charge in [-0.3, -0.25) is 15.1 Å². The largest absolute Gasteiger partial charge is 0.293 e. The number of carbonyl (C=O) groups excluding carboxylic acids is 1. The molecule has 4 heteroatoms. The van der Waals surface area contributed by atoms with E-state index in [4.69, 9.17) is 5.84 Å². The normalized spacial score (nSPS) is 22.0. The Bertz CT molecular complexity index is 421. The summed E-state index contributed by atoms with van der Waals surface area (Å²) in [5.41, 5.74) is 3.37. The highest BCUT2D eigenvalue weighted by Gasteiger charge is 2.32. The van der Waals surface area contributed by atoms with Gasteiger partial charge in [0.05, 0.1) is 0 Å². The van der Waals surface area contributed by atoms with Gasteiger partial charge < -0.3 is 0 Å². The zero-order valence-electron chi connectivity index (χ0n) is 12.2. The number of hydrazine groups is 1. The molecule has 0 bridgehead atoms. The summed E-state index contributed by atoms with van der Waals surface area (Å²) in [4.78, 5) is 14.6. The summed E-state index contributed by atoms with van der Waals surface area (Å²) >= 11 is 0. The molecule has 1 heterocycles. The Morgan fingerprint density at radius 3 is 2.75 bits per heavy atom. The molecular weight excluding hydrogens is 250 g/mol. The van der Waals surface area contributed by atoms with Gasteiger partial charge in [-0.15, -0.1) is 0 Å². The Balaban J connectivity index is 2.31. The average Bonchev–Trinajstić information content (AvgIpc) is 2.74. The van der Waals surface area contributed by atoms with Crippen molar-refractivity contribution in [1.29, 1.82) is 0 Å². The Morgan fingerprint density at radius 1 is 1.35 bits per heavy atom. The lowest BCUT2D eigenvalue weighted by Gasteiger charge is -2.35. The van der Waals surface area contributed by atoms with Crippen molar-refractivity contribution in [1.82, 2.24) is 10.3 Å². The van der Waals surface area contributed by atoms with Crippen LogP contribution < -0.4 is 11.3 Å². The van der Waals surface area contributed by atoms with Crippen LogP contribution in [0, 0.1) is 0 Å². The summed E-state index contributed by atoms with van der Waals surface area (Å²) < 4.78 is 0. The minimum atomic E-state index is -0.274. The molecule has 1 saturated heterocycles. The standard InChI is InChI=1S/C16H25N3O/c1-2-14-11-7-4-8-12-19(14)15(16(20)18-17)13-9-5-3-6-10-13/h3,5-6,9-10,14-15H,2,4,7-8,11-12,17H2,1H3,(H,18,20). The van der Waals surface area contributed by atoms with E-state index in [0.29, 0.717) is 6.04 Å². The number of benzene rings is 1. The average molecular weight is 275 g/mol. The summed E-state index contributed by atoms with van der Waals surface area (Å²) in [5, 5.41) is 0. The van der Waals surface area contributed by atoms with E-state index in [1.54, 1.807) is 0 Å². The molecule has 1 amide bonds. The molecule has 2 unspecified atom stereocenters. The zero-order valence-corrected chi connectivity index (χ0v) is 12.2. The van der Waals surface area contributed by atoms with Gasteiger partial charge in [0.1, 0.15) is 6.04 Å². The highest BCUT2D eigenvalue weighted by atomic mass is 16.2. The van der Waals surface area contributed by atoms with Gasteiger partial charge in [0.2, 0.25) is 0 Å². The lowest BCUT2D eigenvalue weighted by atomic mass is 10.00. The summed E-state index contributed by atoms with van der Waals surface area (Å²) in [6.07, 6.45) is 5.88. The maximum Gasteiger partial charge on any atom is 0.255 e. The number of nitrogens with zero attached hydrogens (tertiary/aromatic N) is 1. The highest BCUT2D eigenvalue weighted by Crippen LogP contribution is 2.29. The fourth-order valence-electron chi connectivity index (χ4n) is 3.19. The van der Waals surface area contributed by atoms with Gasteiger partial charge in [-0.05, 0) is 31.4 Å². The van der Waals surface area contributed by atoms with E-state index in [9.17, 15) is 4.79 Å². The second-order valence-corrected chi connectivity index (χ2v) is 5.47. The van der Waals surface area contributed by atoms with Crippen LogP contribution in [0.3, 0.4) is 0 Å². The molecule has 1 aliphatic rings. The molecule has 1 fully saturated rings. The van der Waals surface area contributed by atoms with E-state index in [1.165, 1.54) is 12.8 Å². The van der Waals surface area contributed by atoms with E-state index >= 15 is 0 Å². The molecule has 1 aliphatic heterocycles. The van der Waals surface area contributed by atoms with Gasteiger partial charge in [0, 0.05) is 6.04 Å². The first-order valence-corrected chi connectivity index (χ1v) is 7.59. The van der Waals surface area contributed by atoms with Crippen molar-refractivity contribution in [3.8, 4) is 0 Å². The van der Waals surface area contributed by atoms with Crippen LogP contribution in [0.2, 0.25) is 0 Å². The van der Waals surface area contributed by atoms with Crippen LogP contribution in [0.5, 0.6) is 0 Å². The molecule has 3 N–H and O–H groups in total. The van der Waals surface area contributed by atoms with Crippen LogP contribution in [0.1, 0.15) is 50.6 Å². The van der Waals surface area contributed by atoms with Crippen molar-refractivity contribution in [2.75, 3.05) is 6.54 Å². The van der Waals surface area contributed by atoms with Crippen molar-refractivity contribution in [2.45, 2.75) is 51.1 Å². The molecule has 0 aliphatic carbocycles. The Morgan fingerprint density at radius 2 is 2.10 bits per heavy atom. The Labute approximate surface area is 121 Å². The lowest BCUT2D eigenvalue weighted by molar-refractivity contribution is -0.127. The highest BCUT2D eigenvalue weighted by molar-refractivity contribution is 5.82. The molecule has 1 aromatic rings.